The van der Waals surface area contributed by atoms with Gasteiger partial charge in [0.15, 0.2) is 6.29 Å². The summed E-state index contributed by atoms with van der Waals surface area (Å²) in [6.07, 6.45) is -3.49. The van der Waals surface area contributed by atoms with E-state index in [2.05, 4.69) is 0 Å². The van der Waals surface area contributed by atoms with Gasteiger partial charge in [-0.25, -0.2) is 0 Å². The molecule has 0 aliphatic rings. The van der Waals surface area contributed by atoms with Crippen molar-refractivity contribution in [3.8, 4) is 0 Å². The average molecular weight is 251 g/mol. The summed E-state index contributed by atoms with van der Waals surface area (Å²) in [7, 11) is 1.65. The van der Waals surface area contributed by atoms with Crippen molar-refractivity contribution < 1.29 is 25.5 Å². The first kappa shape index (κ1) is 16.8. The molecule has 0 radical (unpaired) electrons. The van der Waals surface area contributed by atoms with Crippen molar-refractivity contribution in [3.63, 3.8) is 0 Å². The minimum Gasteiger partial charge on any atom is -0.396 e. The molecular weight excluding hydrogens is 226 g/mol. The number of aliphatic hydroxyl groups is 5. The second-order valence-electron chi connectivity index (χ2n) is 4.53. The van der Waals surface area contributed by atoms with Gasteiger partial charge in [-0.15, -0.1) is 0 Å². The van der Waals surface area contributed by atoms with Crippen LogP contribution in [-0.2, 0) is 0 Å². The topological polar surface area (TPSA) is 104 Å². The smallest absolute Gasteiger partial charge is 0.169 e. The lowest BCUT2D eigenvalue weighted by Gasteiger charge is -2.36. The van der Waals surface area contributed by atoms with Gasteiger partial charge in [0, 0.05) is 12.5 Å². The summed E-state index contributed by atoms with van der Waals surface area (Å²) in [5, 5.41) is 47.1. The maximum absolute atomic E-state index is 9.92. The molecule has 0 saturated carbocycles. The molecule has 0 aromatic carbocycles. The van der Waals surface area contributed by atoms with E-state index in [-0.39, 0.29) is 6.61 Å². The molecule has 17 heavy (non-hydrogen) atoms. The minimum absolute atomic E-state index is 0.274. The summed E-state index contributed by atoms with van der Waals surface area (Å²) in [6.45, 7) is 3.80. The zero-order chi connectivity index (χ0) is 13.6. The van der Waals surface area contributed by atoms with Crippen LogP contribution in [0.1, 0.15) is 20.3 Å². The monoisotopic (exact) mass is 251 g/mol. The Hall–Kier alpha value is -0.240. The lowest BCUT2D eigenvalue weighted by molar-refractivity contribution is -0.157. The molecule has 5 N–H and O–H groups in total. The second-order valence-corrected chi connectivity index (χ2v) is 4.53. The number of rotatable bonds is 8. The second kappa shape index (κ2) is 7.97. The van der Waals surface area contributed by atoms with Crippen molar-refractivity contribution >= 4 is 0 Å². The molecule has 0 aliphatic heterocycles. The van der Waals surface area contributed by atoms with Crippen molar-refractivity contribution in [2.24, 2.45) is 5.92 Å². The van der Waals surface area contributed by atoms with Gasteiger partial charge >= 0.3 is 0 Å². The molecule has 0 saturated heterocycles. The van der Waals surface area contributed by atoms with Gasteiger partial charge in [0.25, 0.3) is 0 Å². The highest BCUT2D eigenvalue weighted by molar-refractivity contribution is 4.86. The van der Waals surface area contributed by atoms with Gasteiger partial charge in [0.05, 0.1) is 12.1 Å². The van der Waals surface area contributed by atoms with E-state index >= 15 is 0 Å². The Labute approximate surface area is 102 Å². The van der Waals surface area contributed by atoms with E-state index in [0.717, 1.165) is 6.42 Å². The highest BCUT2D eigenvalue weighted by atomic mass is 16.5. The fourth-order valence-electron chi connectivity index (χ4n) is 1.81. The zero-order valence-corrected chi connectivity index (χ0v) is 10.7. The Morgan fingerprint density at radius 1 is 1.06 bits per heavy atom. The molecule has 0 fully saturated rings. The van der Waals surface area contributed by atoms with Gasteiger partial charge in [-0.05, 0) is 20.0 Å². The Morgan fingerprint density at radius 3 is 1.94 bits per heavy atom. The van der Waals surface area contributed by atoms with Crippen LogP contribution in [0.2, 0.25) is 0 Å². The standard InChI is InChI=1S/C11H25NO5/c1-4-5-12(3)8(11(16)17)10(15)9(14)7(2)6-13/h7-11,13-17H,4-6H2,1-3H3. The van der Waals surface area contributed by atoms with Crippen molar-refractivity contribution in [1.82, 2.24) is 4.90 Å². The van der Waals surface area contributed by atoms with Crippen LogP contribution in [0.15, 0.2) is 0 Å². The van der Waals surface area contributed by atoms with Gasteiger partial charge in [-0.2, -0.15) is 0 Å². The largest absolute Gasteiger partial charge is 0.396 e. The summed E-state index contributed by atoms with van der Waals surface area (Å²) < 4.78 is 0. The van der Waals surface area contributed by atoms with Crippen LogP contribution in [0, 0.1) is 5.92 Å². The number of aliphatic hydroxyl groups excluding tert-OH is 4. The molecule has 0 aliphatic carbocycles. The van der Waals surface area contributed by atoms with E-state index in [0.29, 0.717) is 6.54 Å². The van der Waals surface area contributed by atoms with Crippen molar-refractivity contribution in [1.29, 1.82) is 0 Å². The van der Waals surface area contributed by atoms with E-state index in [1.54, 1.807) is 18.9 Å². The Kier molecular flexibility index (Phi) is 7.85. The molecule has 6 heteroatoms. The van der Waals surface area contributed by atoms with Crippen molar-refractivity contribution in [2.75, 3.05) is 20.2 Å². The fraction of sp³-hybridized carbons (Fsp3) is 1.00. The van der Waals surface area contributed by atoms with Crippen LogP contribution in [-0.4, -0.2) is 75.2 Å². The summed E-state index contributed by atoms with van der Waals surface area (Å²) >= 11 is 0. The SMILES string of the molecule is CCCN(C)C(C(O)O)C(O)C(O)C(C)CO. The van der Waals surface area contributed by atoms with E-state index < -0.39 is 30.5 Å². The maximum atomic E-state index is 9.92. The fourth-order valence-corrected chi connectivity index (χ4v) is 1.81. The van der Waals surface area contributed by atoms with E-state index in [1.807, 2.05) is 6.92 Å². The molecule has 0 aromatic rings. The summed E-state index contributed by atoms with van der Waals surface area (Å²) in [5.74, 6) is -0.527. The van der Waals surface area contributed by atoms with Gasteiger partial charge in [0.2, 0.25) is 0 Å². The van der Waals surface area contributed by atoms with Crippen LogP contribution < -0.4 is 0 Å². The molecule has 4 atom stereocenters. The number of hydrogen-bond acceptors (Lipinski definition) is 6. The minimum atomic E-state index is -1.75. The molecule has 0 aromatic heterocycles. The molecule has 0 spiro atoms. The Morgan fingerprint density at radius 2 is 1.59 bits per heavy atom. The number of nitrogens with zero attached hydrogens (tertiary/aromatic N) is 1. The van der Waals surface area contributed by atoms with Crippen molar-refractivity contribution in [2.45, 2.75) is 44.8 Å². The predicted molar refractivity (Wildman–Crippen MR) is 63.2 cm³/mol. The molecule has 0 bridgehead atoms. The van der Waals surface area contributed by atoms with Gasteiger partial charge in [-0.3, -0.25) is 4.90 Å². The average Bonchev–Trinajstić information content (AvgIpc) is 2.26. The normalized spacial score (nSPS) is 19.4. The molecule has 4 unspecified atom stereocenters. The third kappa shape index (κ3) is 4.87. The zero-order valence-electron chi connectivity index (χ0n) is 10.7. The maximum Gasteiger partial charge on any atom is 0.169 e. The van der Waals surface area contributed by atoms with Crippen LogP contribution in [0.25, 0.3) is 0 Å². The molecule has 104 valence electrons. The first-order chi connectivity index (χ1) is 7.86. The number of hydrogen-bond donors (Lipinski definition) is 5. The summed E-state index contributed by atoms with van der Waals surface area (Å²) in [6, 6.07) is -0.973. The first-order valence-corrected chi connectivity index (χ1v) is 5.90. The van der Waals surface area contributed by atoms with E-state index in [4.69, 9.17) is 5.11 Å². The van der Waals surface area contributed by atoms with Gasteiger partial charge in [-0.1, -0.05) is 13.8 Å². The summed E-state index contributed by atoms with van der Waals surface area (Å²) in [4.78, 5) is 1.59. The Bertz CT molecular complexity index is 202. The van der Waals surface area contributed by atoms with Crippen LogP contribution in [0.4, 0.5) is 0 Å². The van der Waals surface area contributed by atoms with Crippen molar-refractivity contribution in [3.05, 3.63) is 0 Å². The lowest BCUT2D eigenvalue weighted by Crippen LogP contribution is -2.55. The molecule has 0 heterocycles. The third-order valence-electron chi connectivity index (χ3n) is 2.96. The van der Waals surface area contributed by atoms with Crippen LogP contribution in [0.5, 0.6) is 0 Å². The molecule has 0 amide bonds. The van der Waals surface area contributed by atoms with Crippen LogP contribution in [0.3, 0.4) is 0 Å². The summed E-state index contributed by atoms with van der Waals surface area (Å²) in [5.41, 5.74) is 0. The lowest BCUT2D eigenvalue weighted by atomic mass is 9.94. The highest BCUT2D eigenvalue weighted by Gasteiger charge is 2.35. The molecule has 6 nitrogen and oxygen atoms in total. The molecule has 0 rings (SSSR count). The van der Waals surface area contributed by atoms with Crippen LogP contribution >= 0.6 is 0 Å². The first-order valence-electron chi connectivity index (χ1n) is 5.90. The Balaban J connectivity index is 4.69. The molecular formula is C11H25NO5. The number of likely N-dealkylation sites (N-methyl/N-ethyl adjacent to an activating group) is 1. The predicted octanol–water partition coefficient (Wildman–Crippen LogP) is -1.64. The van der Waals surface area contributed by atoms with E-state index in [1.165, 1.54) is 0 Å². The quantitative estimate of drug-likeness (QED) is 0.331. The van der Waals surface area contributed by atoms with Gasteiger partial charge < -0.3 is 25.5 Å². The highest BCUT2D eigenvalue weighted by Crippen LogP contribution is 2.16. The van der Waals surface area contributed by atoms with E-state index in [9.17, 15) is 20.4 Å². The third-order valence-corrected chi connectivity index (χ3v) is 2.96. The van der Waals surface area contributed by atoms with Gasteiger partial charge in [0.1, 0.15) is 6.10 Å².